The highest BCUT2D eigenvalue weighted by molar-refractivity contribution is 5.93. The van der Waals surface area contributed by atoms with E-state index in [1.54, 1.807) is 23.2 Å². The number of rotatable bonds is 8. The van der Waals surface area contributed by atoms with Crippen LogP contribution in [0.4, 0.5) is 10.1 Å². The molecule has 4 rings (SSSR count). The highest BCUT2D eigenvalue weighted by Gasteiger charge is 2.38. The predicted molar refractivity (Wildman–Crippen MR) is 128 cm³/mol. The molecule has 1 N–H and O–H groups in total. The van der Waals surface area contributed by atoms with Crippen molar-refractivity contribution in [3.63, 3.8) is 0 Å². The highest BCUT2D eigenvalue weighted by atomic mass is 19.1. The molecule has 184 valence electrons. The van der Waals surface area contributed by atoms with E-state index in [-0.39, 0.29) is 37.0 Å². The SMILES string of the molecule is CC(=O)NC1(c2noc(CCC(=O)N(Cc3ccccn3)c3ccc(F)cc3)n2)CCCCCC1. The lowest BCUT2D eigenvalue weighted by molar-refractivity contribution is -0.121. The van der Waals surface area contributed by atoms with E-state index in [1.165, 1.54) is 19.1 Å². The third-order valence-corrected chi connectivity index (χ3v) is 6.31. The molecule has 1 aliphatic carbocycles. The van der Waals surface area contributed by atoms with Gasteiger partial charge in [-0.15, -0.1) is 0 Å². The summed E-state index contributed by atoms with van der Waals surface area (Å²) in [7, 11) is 0. The van der Waals surface area contributed by atoms with Gasteiger partial charge in [0.15, 0.2) is 5.82 Å². The van der Waals surface area contributed by atoms with E-state index in [2.05, 4.69) is 20.4 Å². The van der Waals surface area contributed by atoms with Gasteiger partial charge in [-0.1, -0.05) is 36.9 Å². The number of aromatic nitrogens is 3. The average Bonchev–Trinajstić information content (AvgIpc) is 3.22. The summed E-state index contributed by atoms with van der Waals surface area (Å²) in [6.07, 6.45) is 7.72. The van der Waals surface area contributed by atoms with Gasteiger partial charge >= 0.3 is 0 Å². The number of amides is 2. The van der Waals surface area contributed by atoms with Crippen LogP contribution in [0.5, 0.6) is 0 Å². The van der Waals surface area contributed by atoms with Gasteiger partial charge in [0.25, 0.3) is 0 Å². The number of nitrogens with one attached hydrogen (secondary N) is 1. The maximum absolute atomic E-state index is 13.5. The molecular weight excluding hydrogens is 449 g/mol. The lowest BCUT2D eigenvalue weighted by Crippen LogP contribution is -2.45. The molecule has 1 aromatic carbocycles. The monoisotopic (exact) mass is 479 g/mol. The van der Waals surface area contributed by atoms with Gasteiger partial charge in [-0.2, -0.15) is 4.98 Å². The van der Waals surface area contributed by atoms with Crippen molar-refractivity contribution in [3.05, 3.63) is 71.9 Å². The molecule has 1 aliphatic rings. The van der Waals surface area contributed by atoms with Crippen molar-refractivity contribution in [1.29, 1.82) is 0 Å². The van der Waals surface area contributed by atoms with Crippen molar-refractivity contribution in [2.24, 2.45) is 0 Å². The molecule has 0 saturated heterocycles. The maximum Gasteiger partial charge on any atom is 0.227 e. The van der Waals surface area contributed by atoms with Gasteiger partial charge in [-0.3, -0.25) is 14.6 Å². The van der Waals surface area contributed by atoms with Crippen molar-refractivity contribution < 1.29 is 18.5 Å². The molecule has 0 radical (unpaired) electrons. The third-order valence-electron chi connectivity index (χ3n) is 6.31. The Hall–Kier alpha value is -3.62. The molecule has 9 heteroatoms. The molecule has 0 spiro atoms. The second-order valence-electron chi connectivity index (χ2n) is 8.97. The van der Waals surface area contributed by atoms with E-state index in [4.69, 9.17) is 4.52 Å². The summed E-state index contributed by atoms with van der Waals surface area (Å²) >= 11 is 0. The molecule has 1 fully saturated rings. The summed E-state index contributed by atoms with van der Waals surface area (Å²) in [5.74, 6) is 0.148. The average molecular weight is 480 g/mol. The summed E-state index contributed by atoms with van der Waals surface area (Å²) in [4.78, 5) is 35.6. The van der Waals surface area contributed by atoms with Gasteiger partial charge in [0.05, 0.1) is 12.2 Å². The van der Waals surface area contributed by atoms with Crippen molar-refractivity contribution in [3.8, 4) is 0 Å². The molecule has 0 aliphatic heterocycles. The highest BCUT2D eigenvalue weighted by Crippen LogP contribution is 2.34. The van der Waals surface area contributed by atoms with E-state index in [9.17, 15) is 14.0 Å². The smallest absolute Gasteiger partial charge is 0.227 e. The summed E-state index contributed by atoms with van der Waals surface area (Å²) < 4.78 is 19.0. The Labute approximate surface area is 203 Å². The standard InChI is InChI=1S/C26H30FN5O3/c1-19(33)30-26(15-5-2-3-6-16-26)25-29-23(35-31-25)13-14-24(34)32(18-21-8-4-7-17-28-21)22-11-9-20(27)10-12-22/h4,7-12,17H,2-3,5-6,13-16,18H2,1H3,(H,30,33). The van der Waals surface area contributed by atoms with Crippen LogP contribution in [0.15, 0.2) is 53.2 Å². The first-order valence-corrected chi connectivity index (χ1v) is 12.0. The number of anilines is 1. The zero-order valence-corrected chi connectivity index (χ0v) is 19.9. The number of aryl methyl sites for hydroxylation is 1. The van der Waals surface area contributed by atoms with E-state index in [0.29, 0.717) is 17.4 Å². The molecule has 0 atom stereocenters. The van der Waals surface area contributed by atoms with Gasteiger partial charge in [0.1, 0.15) is 11.4 Å². The third kappa shape index (κ3) is 6.29. The van der Waals surface area contributed by atoms with Crippen molar-refractivity contribution >= 4 is 17.5 Å². The van der Waals surface area contributed by atoms with Crippen molar-refractivity contribution in [1.82, 2.24) is 20.4 Å². The van der Waals surface area contributed by atoms with Gasteiger partial charge < -0.3 is 14.7 Å². The van der Waals surface area contributed by atoms with Crippen LogP contribution in [0.1, 0.15) is 69.3 Å². The fraction of sp³-hybridized carbons (Fsp3) is 0.423. The van der Waals surface area contributed by atoms with E-state index in [0.717, 1.165) is 44.2 Å². The minimum absolute atomic E-state index is 0.124. The lowest BCUT2D eigenvalue weighted by Gasteiger charge is -2.30. The first-order chi connectivity index (χ1) is 16.9. The quantitative estimate of drug-likeness (QED) is 0.479. The van der Waals surface area contributed by atoms with Crippen LogP contribution in [0.25, 0.3) is 0 Å². The minimum atomic E-state index is -0.632. The Morgan fingerprint density at radius 3 is 2.49 bits per heavy atom. The van der Waals surface area contributed by atoms with E-state index < -0.39 is 5.54 Å². The summed E-state index contributed by atoms with van der Waals surface area (Å²) in [5, 5.41) is 7.25. The first kappa shape index (κ1) is 24.5. The van der Waals surface area contributed by atoms with Gasteiger partial charge in [-0.05, 0) is 49.2 Å². The van der Waals surface area contributed by atoms with Gasteiger partial charge in [0.2, 0.25) is 17.7 Å². The number of benzene rings is 1. The Morgan fingerprint density at radius 2 is 1.83 bits per heavy atom. The number of carbonyl (C=O) groups excluding carboxylic acids is 2. The lowest BCUT2D eigenvalue weighted by atomic mass is 9.89. The van der Waals surface area contributed by atoms with Crippen molar-refractivity contribution in [2.75, 3.05) is 4.90 Å². The largest absolute Gasteiger partial charge is 0.343 e. The van der Waals surface area contributed by atoms with Crippen LogP contribution in [0.3, 0.4) is 0 Å². The summed E-state index contributed by atoms with van der Waals surface area (Å²) in [6, 6.07) is 11.3. The van der Waals surface area contributed by atoms with Crippen LogP contribution < -0.4 is 10.2 Å². The molecule has 3 aromatic rings. The van der Waals surface area contributed by atoms with E-state index >= 15 is 0 Å². The number of hydrogen-bond donors (Lipinski definition) is 1. The van der Waals surface area contributed by atoms with E-state index in [1.807, 2.05) is 18.2 Å². The number of pyridine rings is 1. The van der Waals surface area contributed by atoms with Crippen LogP contribution in [0, 0.1) is 5.82 Å². The number of hydrogen-bond acceptors (Lipinski definition) is 6. The van der Waals surface area contributed by atoms with Crippen molar-refractivity contribution in [2.45, 2.75) is 70.4 Å². The van der Waals surface area contributed by atoms with Gasteiger partial charge in [0, 0.05) is 31.6 Å². The Bertz CT molecular complexity index is 1130. The van der Waals surface area contributed by atoms with Crippen LogP contribution in [-0.2, 0) is 28.1 Å². The second-order valence-corrected chi connectivity index (χ2v) is 8.97. The zero-order chi connectivity index (χ0) is 24.7. The Morgan fingerprint density at radius 1 is 1.09 bits per heavy atom. The summed E-state index contributed by atoms with van der Waals surface area (Å²) in [5.41, 5.74) is 0.667. The molecule has 0 bridgehead atoms. The zero-order valence-electron chi connectivity index (χ0n) is 19.9. The predicted octanol–water partition coefficient (Wildman–Crippen LogP) is 4.46. The topological polar surface area (TPSA) is 101 Å². The number of nitrogens with zero attached hydrogens (tertiary/aromatic N) is 4. The molecule has 1 saturated carbocycles. The fourth-order valence-electron chi connectivity index (χ4n) is 4.57. The first-order valence-electron chi connectivity index (χ1n) is 12.0. The molecule has 2 amide bonds. The molecule has 2 heterocycles. The number of carbonyl (C=O) groups is 2. The van der Waals surface area contributed by atoms with Crippen LogP contribution in [0.2, 0.25) is 0 Å². The normalized spacial score (nSPS) is 15.3. The molecular formula is C26H30FN5O3. The maximum atomic E-state index is 13.5. The fourth-order valence-corrected chi connectivity index (χ4v) is 4.57. The Balaban J connectivity index is 1.48. The van der Waals surface area contributed by atoms with Crippen LogP contribution >= 0.6 is 0 Å². The summed E-state index contributed by atoms with van der Waals surface area (Å²) in [6.45, 7) is 1.75. The second kappa shape index (κ2) is 11.2. The molecule has 35 heavy (non-hydrogen) atoms. The molecule has 2 aromatic heterocycles. The Kier molecular flexibility index (Phi) is 7.84. The number of halogens is 1. The van der Waals surface area contributed by atoms with Crippen LogP contribution in [-0.4, -0.2) is 26.9 Å². The molecule has 0 unspecified atom stereocenters. The molecule has 8 nitrogen and oxygen atoms in total. The van der Waals surface area contributed by atoms with Gasteiger partial charge in [-0.25, -0.2) is 4.39 Å². The minimum Gasteiger partial charge on any atom is -0.343 e.